The molecule has 0 saturated carbocycles. The van der Waals surface area contributed by atoms with Crippen LogP contribution < -0.4 is 10.0 Å². The highest BCUT2D eigenvalue weighted by Gasteiger charge is 2.27. The number of anilines is 1. The van der Waals surface area contributed by atoms with Crippen LogP contribution in [0, 0.1) is 0 Å². The number of nitrogens with one attached hydrogen (secondary N) is 2. The monoisotopic (exact) mass is 301 g/mol. The molecular formula is C12H16ClN3O2S. The number of benzene rings is 1. The van der Waals surface area contributed by atoms with E-state index < -0.39 is 10.0 Å². The lowest BCUT2D eigenvalue weighted by Gasteiger charge is -2.22. The molecule has 0 saturated heterocycles. The van der Waals surface area contributed by atoms with Crippen molar-refractivity contribution in [1.29, 1.82) is 0 Å². The summed E-state index contributed by atoms with van der Waals surface area (Å²) in [6.07, 6.45) is 1.72. The standard InChI is InChI=1S/C12H16ClN3O2S/c1-3-9(4-2)14-12-15-10-6-5-8(13)7-11(10)19(17,18)16-12/h5-7,9H,3-4H2,1-2H3,(H2,14,15,16). The molecule has 0 amide bonds. The van der Waals surface area contributed by atoms with Crippen LogP contribution in [0.4, 0.5) is 5.69 Å². The first-order valence-electron chi connectivity index (χ1n) is 6.13. The van der Waals surface area contributed by atoms with Gasteiger partial charge >= 0.3 is 0 Å². The predicted molar refractivity (Wildman–Crippen MR) is 77.2 cm³/mol. The predicted octanol–water partition coefficient (Wildman–Crippen LogP) is 2.59. The Bertz CT molecular complexity index is 609. The highest BCUT2D eigenvalue weighted by molar-refractivity contribution is 7.90. The molecule has 0 fully saturated rings. The first-order valence-corrected chi connectivity index (χ1v) is 7.99. The van der Waals surface area contributed by atoms with Gasteiger partial charge in [0.1, 0.15) is 4.90 Å². The minimum absolute atomic E-state index is 0.0963. The molecule has 1 aromatic rings. The summed E-state index contributed by atoms with van der Waals surface area (Å²) >= 11 is 5.82. The van der Waals surface area contributed by atoms with Crippen LogP contribution in [0.15, 0.2) is 28.1 Å². The molecule has 0 aromatic heterocycles. The smallest absolute Gasteiger partial charge is 0.266 e. The zero-order valence-corrected chi connectivity index (χ0v) is 12.3. The molecule has 0 radical (unpaired) electrons. The van der Waals surface area contributed by atoms with E-state index in [0.29, 0.717) is 10.7 Å². The van der Waals surface area contributed by atoms with Gasteiger partial charge in [-0.1, -0.05) is 25.4 Å². The van der Waals surface area contributed by atoms with Gasteiger partial charge in [0, 0.05) is 5.02 Å². The van der Waals surface area contributed by atoms with E-state index in [4.69, 9.17) is 11.6 Å². The van der Waals surface area contributed by atoms with Crippen LogP contribution in [0.3, 0.4) is 0 Å². The summed E-state index contributed by atoms with van der Waals surface area (Å²) in [6.45, 7) is 4.03. The second-order valence-corrected chi connectivity index (χ2v) is 6.41. The molecule has 0 bridgehead atoms. The van der Waals surface area contributed by atoms with Gasteiger partial charge in [-0.25, -0.2) is 18.1 Å². The minimum atomic E-state index is -3.60. The molecule has 0 spiro atoms. The molecule has 104 valence electrons. The molecule has 0 atom stereocenters. The zero-order chi connectivity index (χ0) is 14.0. The summed E-state index contributed by atoms with van der Waals surface area (Å²) in [4.78, 5) is 4.51. The fraction of sp³-hybridized carbons (Fsp3) is 0.417. The van der Waals surface area contributed by atoms with E-state index in [1.807, 2.05) is 13.8 Å². The molecule has 1 aromatic carbocycles. The Balaban J connectivity index is 2.41. The molecule has 7 heteroatoms. The Morgan fingerprint density at radius 2 is 2.00 bits per heavy atom. The maximum Gasteiger partial charge on any atom is 0.266 e. The van der Waals surface area contributed by atoms with Crippen LogP contribution in [0.1, 0.15) is 26.7 Å². The normalized spacial score (nSPS) is 18.8. The number of hydrogen-bond donors (Lipinski definition) is 2. The van der Waals surface area contributed by atoms with Gasteiger partial charge in [-0.3, -0.25) is 0 Å². The van der Waals surface area contributed by atoms with Crippen LogP contribution in [-0.2, 0) is 10.0 Å². The van der Waals surface area contributed by atoms with Gasteiger partial charge in [-0.05, 0) is 31.0 Å². The van der Waals surface area contributed by atoms with Crippen molar-refractivity contribution in [3.05, 3.63) is 23.2 Å². The van der Waals surface area contributed by atoms with Crippen molar-refractivity contribution in [3.63, 3.8) is 0 Å². The Kier molecular flexibility index (Phi) is 4.01. The highest BCUT2D eigenvalue weighted by atomic mass is 35.5. The average molecular weight is 302 g/mol. The van der Waals surface area contributed by atoms with Crippen molar-refractivity contribution in [2.24, 2.45) is 4.99 Å². The maximum atomic E-state index is 12.1. The van der Waals surface area contributed by atoms with E-state index in [-0.39, 0.29) is 16.9 Å². The lowest BCUT2D eigenvalue weighted by molar-refractivity contribution is 0.589. The number of fused-ring (bicyclic) bond motifs is 1. The molecule has 1 heterocycles. The van der Waals surface area contributed by atoms with Gasteiger partial charge in [-0.2, -0.15) is 0 Å². The summed E-state index contributed by atoms with van der Waals surface area (Å²) in [5.41, 5.74) is 0.493. The summed E-state index contributed by atoms with van der Waals surface area (Å²) in [6, 6.07) is 4.79. The molecular weight excluding hydrogens is 286 g/mol. The minimum Gasteiger partial charge on any atom is -0.324 e. The number of hydrogen-bond acceptors (Lipinski definition) is 3. The fourth-order valence-electron chi connectivity index (χ4n) is 1.87. The first-order chi connectivity index (χ1) is 8.96. The van der Waals surface area contributed by atoms with Crippen LogP contribution >= 0.6 is 11.6 Å². The highest BCUT2D eigenvalue weighted by Crippen LogP contribution is 2.27. The lowest BCUT2D eigenvalue weighted by Crippen LogP contribution is -2.41. The molecule has 2 N–H and O–H groups in total. The van der Waals surface area contributed by atoms with E-state index in [2.05, 4.69) is 15.0 Å². The first kappa shape index (κ1) is 14.1. The molecule has 0 aliphatic carbocycles. The molecule has 5 nitrogen and oxygen atoms in total. The number of halogens is 1. The van der Waals surface area contributed by atoms with Gasteiger partial charge in [-0.15, -0.1) is 0 Å². The van der Waals surface area contributed by atoms with Crippen molar-refractivity contribution in [3.8, 4) is 0 Å². The summed E-state index contributed by atoms with van der Waals surface area (Å²) in [5.74, 6) is 0.267. The average Bonchev–Trinajstić information content (AvgIpc) is 2.36. The van der Waals surface area contributed by atoms with Crippen molar-refractivity contribution >= 4 is 33.3 Å². The number of guanidine groups is 1. The number of sulfonamides is 1. The Morgan fingerprint density at radius 3 is 2.63 bits per heavy atom. The van der Waals surface area contributed by atoms with Gasteiger partial charge in [0.15, 0.2) is 0 Å². The second-order valence-electron chi connectivity index (χ2n) is 4.32. The van der Waals surface area contributed by atoms with Gasteiger partial charge in [0.25, 0.3) is 10.0 Å². The van der Waals surface area contributed by atoms with Crippen LogP contribution in [0.2, 0.25) is 5.02 Å². The molecule has 1 aliphatic rings. The topological polar surface area (TPSA) is 70.6 Å². The zero-order valence-electron chi connectivity index (χ0n) is 10.8. The summed E-state index contributed by atoms with van der Waals surface area (Å²) < 4.78 is 26.6. The van der Waals surface area contributed by atoms with Gasteiger partial charge in [0.05, 0.1) is 11.7 Å². The number of aliphatic imine (C=N–C) groups is 1. The van der Waals surface area contributed by atoms with E-state index >= 15 is 0 Å². The quantitative estimate of drug-likeness (QED) is 0.901. The third kappa shape index (κ3) is 3.01. The van der Waals surface area contributed by atoms with Gasteiger partial charge in [0.2, 0.25) is 5.96 Å². The van der Waals surface area contributed by atoms with Crippen molar-refractivity contribution in [1.82, 2.24) is 4.72 Å². The van der Waals surface area contributed by atoms with E-state index in [1.54, 1.807) is 12.1 Å². The molecule has 2 rings (SSSR count). The summed E-state index contributed by atoms with van der Waals surface area (Å²) in [5, 5.41) is 3.36. The van der Waals surface area contributed by atoms with E-state index in [1.165, 1.54) is 6.07 Å². The third-order valence-corrected chi connectivity index (χ3v) is 4.59. The largest absolute Gasteiger partial charge is 0.324 e. The summed E-state index contributed by atoms with van der Waals surface area (Å²) in [7, 11) is -3.60. The molecule has 0 unspecified atom stereocenters. The maximum absolute atomic E-state index is 12.1. The van der Waals surface area contributed by atoms with Crippen molar-refractivity contribution in [2.75, 3.05) is 5.32 Å². The SMILES string of the molecule is CCC(CC)N=C1Nc2ccc(Cl)cc2S(=O)(=O)N1. The third-order valence-electron chi connectivity index (χ3n) is 2.97. The lowest BCUT2D eigenvalue weighted by atomic mass is 10.2. The fourth-order valence-corrected chi connectivity index (χ4v) is 3.27. The van der Waals surface area contributed by atoms with Crippen LogP contribution in [0.5, 0.6) is 0 Å². The van der Waals surface area contributed by atoms with E-state index in [0.717, 1.165) is 12.8 Å². The van der Waals surface area contributed by atoms with Crippen molar-refractivity contribution in [2.45, 2.75) is 37.6 Å². The molecule has 19 heavy (non-hydrogen) atoms. The Morgan fingerprint density at radius 1 is 1.32 bits per heavy atom. The van der Waals surface area contributed by atoms with Crippen LogP contribution in [0.25, 0.3) is 0 Å². The Hall–Kier alpha value is -1.27. The molecule has 1 aliphatic heterocycles. The van der Waals surface area contributed by atoms with Gasteiger partial charge < -0.3 is 5.32 Å². The number of nitrogens with zero attached hydrogens (tertiary/aromatic N) is 1. The van der Waals surface area contributed by atoms with Crippen molar-refractivity contribution < 1.29 is 8.42 Å². The second kappa shape index (κ2) is 5.38. The Labute approximate surface area is 118 Å². The number of rotatable bonds is 3. The van der Waals surface area contributed by atoms with E-state index in [9.17, 15) is 8.42 Å². The van der Waals surface area contributed by atoms with Crippen LogP contribution in [-0.4, -0.2) is 20.4 Å².